The molecular weight excluding hydrogens is 434 g/mol. The Labute approximate surface area is 191 Å². The maximum absolute atomic E-state index is 12.8. The number of aliphatic hydroxyl groups is 1. The van der Waals surface area contributed by atoms with Crippen LogP contribution in [0.5, 0.6) is 0 Å². The Balaban J connectivity index is 1.79. The van der Waals surface area contributed by atoms with Crippen LogP contribution in [0.2, 0.25) is 5.02 Å². The average Bonchev–Trinajstić information content (AvgIpc) is 2.70. The average molecular weight is 460 g/mol. The smallest absolute Gasteiger partial charge is 0.410 e. The fourth-order valence-corrected chi connectivity index (χ4v) is 3.94. The molecule has 1 aliphatic rings. The summed E-state index contributed by atoms with van der Waals surface area (Å²) in [5.74, 6) is 2.11. The van der Waals surface area contributed by atoms with Gasteiger partial charge in [-0.25, -0.2) is 9.78 Å². The number of fused-ring (bicyclic) bond motifs is 1. The molecule has 2 unspecified atom stereocenters. The van der Waals surface area contributed by atoms with E-state index in [0.29, 0.717) is 30.5 Å². The lowest BCUT2D eigenvalue weighted by molar-refractivity contribution is -0.122. The Hall–Kier alpha value is -2.89. The highest BCUT2D eigenvalue weighted by molar-refractivity contribution is 6.32. The van der Waals surface area contributed by atoms with Gasteiger partial charge in [0.05, 0.1) is 40.9 Å². The number of nitrogens with zero attached hydrogens (tertiary/aromatic N) is 3. The van der Waals surface area contributed by atoms with Gasteiger partial charge in [0.1, 0.15) is 5.60 Å². The molecule has 1 aromatic carbocycles. The van der Waals surface area contributed by atoms with Crippen LogP contribution in [0.3, 0.4) is 0 Å². The number of carbonyl (C=O) groups is 2. The first-order valence-electron chi connectivity index (χ1n) is 10.3. The van der Waals surface area contributed by atoms with Crippen LogP contribution < -0.4 is 5.56 Å². The zero-order chi connectivity index (χ0) is 23.6. The van der Waals surface area contributed by atoms with Crippen molar-refractivity contribution < 1.29 is 19.4 Å². The van der Waals surface area contributed by atoms with Crippen molar-refractivity contribution in [3.63, 3.8) is 0 Å². The number of aliphatic hydroxyl groups excluding tert-OH is 1. The molecule has 2 heterocycles. The number of aromatic nitrogens is 2. The molecule has 0 aliphatic carbocycles. The maximum atomic E-state index is 12.8. The van der Waals surface area contributed by atoms with Gasteiger partial charge in [-0.15, -0.1) is 6.42 Å². The highest BCUT2D eigenvalue weighted by atomic mass is 35.5. The van der Waals surface area contributed by atoms with Crippen molar-refractivity contribution in [1.29, 1.82) is 0 Å². The largest absolute Gasteiger partial charge is 0.444 e. The number of rotatable bonds is 4. The van der Waals surface area contributed by atoms with E-state index in [1.54, 1.807) is 26.8 Å². The van der Waals surface area contributed by atoms with Crippen LogP contribution in [0.4, 0.5) is 4.79 Å². The van der Waals surface area contributed by atoms with Gasteiger partial charge < -0.3 is 14.7 Å². The Morgan fingerprint density at radius 3 is 2.75 bits per heavy atom. The normalized spacial score (nSPS) is 18.9. The van der Waals surface area contributed by atoms with E-state index in [0.717, 1.165) is 0 Å². The third-order valence-electron chi connectivity index (χ3n) is 5.22. The number of benzene rings is 1. The predicted molar refractivity (Wildman–Crippen MR) is 121 cm³/mol. The number of terminal acetylenes is 1. The molecule has 170 valence electrons. The SMILES string of the molecule is C#Cc1cc2ncn(CC(=O)CC3C(O)CCCN3C(=O)OC(C)(C)C)c(=O)c2cc1Cl. The number of halogens is 1. The van der Waals surface area contributed by atoms with Gasteiger partial charge in [0.2, 0.25) is 0 Å². The van der Waals surface area contributed by atoms with Crippen LogP contribution in [0.1, 0.15) is 45.6 Å². The summed E-state index contributed by atoms with van der Waals surface area (Å²) in [6.45, 7) is 5.40. The minimum Gasteiger partial charge on any atom is -0.444 e. The summed E-state index contributed by atoms with van der Waals surface area (Å²) in [5, 5.41) is 11.0. The van der Waals surface area contributed by atoms with Crippen molar-refractivity contribution in [3.05, 3.63) is 39.4 Å². The molecule has 1 saturated heterocycles. The van der Waals surface area contributed by atoms with E-state index >= 15 is 0 Å². The summed E-state index contributed by atoms with van der Waals surface area (Å²) >= 11 is 6.11. The first-order chi connectivity index (χ1) is 15.0. The third-order valence-corrected chi connectivity index (χ3v) is 5.54. The fourth-order valence-electron chi connectivity index (χ4n) is 3.72. The number of hydrogen-bond acceptors (Lipinski definition) is 6. The number of hydrogen-bond donors (Lipinski definition) is 1. The third kappa shape index (κ3) is 5.29. The second-order valence-electron chi connectivity index (χ2n) is 8.86. The maximum Gasteiger partial charge on any atom is 0.410 e. The van der Waals surface area contributed by atoms with Crippen molar-refractivity contribution in [2.75, 3.05) is 6.54 Å². The van der Waals surface area contributed by atoms with Gasteiger partial charge in [0.25, 0.3) is 5.56 Å². The number of likely N-dealkylation sites (tertiary alicyclic amines) is 1. The Morgan fingerprint density at radius 1 is 1.38 bits per heavy atom. The number of amides is 1. The zero-order valence-electron chi connectivity index (χ0n) is 18.3. The van der Waals surface area contributed by atoms with E-state index in [4.69, 9.17) is 22.8 Å². The topological polar surface area (TPSA) is 102 Å². The predicted octanol–water partition coefficient (Wildman–Crippen LogP) is 2.75. The molecule has 0 spiro atoms. The summed E-state index contributed by atoms with van der Waals surface area (Å²) in [5.41, 5.74) is -0.316. The minimum atomic E-state index is -0.854. The molecule has 0 radical (unpaired) electrons. The Bertz CT molecular complexity index is 1150. The molecule has 2 atom stereocenters. The minimum absolute atomic E-state index is 0.109. The summed E-state index contributed by atoms with van der Waals surface area (Å²) in [7, 11) is 0. The van der Waals surface area contributed by atoms with Crippen LogP contribution in [-0.4, -0.2) is 55.7 Å². The molecule has 9 heteroatoms. The zero-order valence-corrected chi connectivity index (χ0v) is 19.1. The second kappa shape index (κ2) is 9.31. The van der Waals surface area contributed by atoms with Crippen LogP contribution in [0, 0.1) is 12.3 Å². The number of Topliss-reactive ketones (excluding diaryl/α,β-unsaturated/α-hetero) is 1. The van der Waals surface area contributed by atoms with Gasteiger partial charge in [0.15, 0.2) is 5.78 Å². The molecule has 3 rings (SSSR count). The van der Waals surface area contributed by atoms with E-state index in [1.807, 2.05) is 0 Å². The Morgan fingerprint density at radius 2 is 2.09 bits per heavy atom. The molecule has 1 aromatic heterocycles. The molecule has 1 amide bonds. The van der Waals surface area contributed by atoms with Crippen LogP contribution in [-0.2, 0) is 16.1 Å². The number of ether oxygens (including phenoxy) is 1. The van der Waals surface area contributed by atoms with Gasteiger partial charge in [-0.2, -0.15) is 0 Å². The first kappa shape index (κ1) is 23.8. The summed E-state index contributed by atoms with van der Waals surface area (Å²) in [6.07, 6.45) is 6.22. The van der Waals surface area contributed by atoms with Crippen molar-refractivity contribution >= 4 is 34.4 Å². The lowest BCUT2D eigenvalue weighted by atomic mass is 9.95. The van der Waals surface area contributed by atoms with Crippen LogP contribution in [0.25, 0.3) is 10.9 Å². The van der Waals surface area contributed by atoms with Crippen molar-refractivity contribution in [2.45, 2.75) is 64.3 Å². The summed E-state index contributed by atoms with van der Waals surface area (Å²) in [4.78, 5) is 43.8. The quantitative estimate of drug-likeness (QED) is 0.705. The lowest BCUT2D eigenvalue weighted by Crippen LogP contribution is -2.53. The molecule has 0 saturated carbocycles. The highest BCUT2D eigenvalue weighted by Gasteiger charge is 2.37. The molecule has 8 nitrogen and oxygen atoms in total. The van der Waals surface area contributed by atoms with Gasteiger partial charge in [-0.1, -0.05) is 17.5 Å². The van der Waals surface area contributed by atoms with E-state index < -0.39 is 29.4 Å². The van der Waals surface area contributed by atoms with Crippen molar-refractivity contribution in [3.8, 4) is 12.3 Å². The standard InChI is InChI=1S/C23H26ClN3O5/c1-5-14-9-18-16(11-17(14)24)21(30)26(13-25-18)12-15(28)10-19-20(29)7-6-8-27(19)22(31)32-23(2,3)4/h1,9,11,13,19-20,29H,6-8,10,12H2,2-4H3. The first-order valence-corrected chi connectivity index (χ1v) is 10.7. The lowest BCUT2D eigenvalue weighted by Gasteiger charge is -2.39. The summed E-state index contributed by atoms with van der Waals surface area (Å²) < 4.78 is 6.61. The van der Waals surface area contributed by atoms with Crippen molar-refractivity contribution in [1.82, 2.24) is 14.5 Å². The van der Waals surface area contributed by atoms with Gasteiger partial charge >= 0.3 is 6.09 Å². The van der Waals surface area contributed by atoms with E-state index in [1.165, 1.54) is 21.9 Å². The summed E-state index contributed by atoms with van der Waals surface area (Å²) in [6, 6.07) is 2.27. The number of carbonyl (C=O) groups excluding carboxylic acids is 2. The second-order valence-corrected chi connectivity index (χ2v) is 9.27. The number of ketones is 1. The highest BCUT2D eigenvalue weighted by Crippen LogP contribution is 2.24. The molecule has 2 aromatic rings. The molecule has 32 heavy (non-hydrogen) atoms. The van der Waals surface area contributed by atoms with Crippen molar-refractivity contribution in [2.24, 2.45) is 0 Å². The van der Waals surface area contributed by atoms with E-state index in [9.17, 15) is 19.5 Å². The van der Waals surface area contributed by atoms with Gasteiger partial charge in [-0.05, 0) is 45.7 Å². The van der Waals surface area contributed by atoms with E-state index in [-0.39, 0.29) is 29.2 Å². The molecule has 1 N–H and O–H groups in total. The molecule has 1 aliphatic heterocycles. The molecule has 0 bridgehead atoms. The molecule has 1 fully saturated rings. The number of piperidine rings is 1. The molecular formula is C23H26ClN3O5. The Kier molecular flexibility index (Phi) is 6.91. The van der Waals surface area contributed by atoms with Crippen LogP contribution >= 0.6 is 11.6 Å². The van der Waals surface area contributed by atoms with E-state index in [2.05, 4.69) is 10.9 Å². The van der Waals surface area contributed by atoms with Gasteiger partial charge in [-0.3, -0.25) is 14.2 Å². The monoisotopic (exact) mass is 459 g/mol. The van der Waals surface area contributed by atoms with Crippen LogP contribution in [0.15, 0.2) is 23.3 Å². The van der Waals surface area contributed by atoms with Gasteiger partial charge in [0, 0.05) is 18.5 Å². The fraction of sp³-hybridized carbons (Fsp3) is 0.478.